The monoisotopic (exact) mass is 558 g/mol. The Bertz CT molecular complexity index is 1300. The number of hydrogen-bond donors (Lipinski definition) is 2. The van der Waals surface area contributed by atoms with Crippen LogP contribution in [-0.2, 0) is 10.0 Å². The van der Waals surface area contributed by atoms with E-state index in [1.54, 1.807) is 57.5 Å². The van der Waals surface area contributed by atoms with Crippen LogP contribution in [0.5, 0.6) is 11.5 Å². The first kappa shape index (κ1) is 30.2. The van der Waals surface area contributed by atoms with Gasteiger partial charge in [0.05, 0.1) is 26.8 Å². The van der Waals surface area contributed by atoms with Gasteiger partial charge in [-0.1, -0.05) is 18.8 Å². The van der Waals surface area contributed by atoms with Crippen molar-refractivity contribution in [3.05, 3.63) is 48.0 Å². The quantitative estimate of drug-likeness (QED) is 0.503. The van der Waals surface area contributed by atoms with Crippen molar-refractivity contribution in [3.8, 4) is 23.3 Å². The molecule has 0 aromatic heterocycles. The first-order valence-corrected chi connectivity index (χ1v) is 14.1. The van der Waals surface area contributed by atoms with E-state index < -0.39 is 22.2 Å². The molecule has 1 heterocycles. The maximum absolute atomic E-state index is 13.6. The minimum absolute atomic E-state index is 0.00296. The second-order valence-electron chi connectivity index (χ2n) is 9.98. The number of ether oxygens (including phenoxy) is 2. The van der Waals surface area contributed by atoms with Gasteiger partial charge < -0.3 is 24.8 Å². The molecule has 0 spiro atoms. The van der Waals surface area contributed by atoms with Crippen molar-refractivity contribution in [1.82, 2.24) is 14.1 Å². The molecule has 1 aliphatic heterocycles. The van der Waals surface area contributed by atoms with E-state index in [1.165, 1.54) is 15.3 Å². The molecule has 11 heteroatoms. The van der Waals surface area contributed by atoms with Gasteiger partial charge in [0.25, 0.3) is 0 Å². The Labute approximate surface area is 231 Å². The van der Waals surface area contributed by atoms with Gasteiger partial charge >= 0.3 is 6.03 Å². The van der Waals surface area contributed by atoms with Crippen LogP contribution >= 0.6 is 0 Å². The van der Waals surface area contributed by atoms with Crippen LogP contribution < -0.4 is 14.8 Å². The Hall–Kier alpha value is -3.30. The molecular weight excluding hydrogens is 520 g/mol. The van der Waals surface area contributed by atoms with Crippen LogP contribution in [0.25, 0.3) is 0 Å². The van der Waals surface area contributed by atoms with Crippen LogP contribution in [0.4, 0.5) is 10.5 Å². The molecule has 2 aromatic rings. The minimum Gasteiger partial charge on any atom is -0.497 e. The predicted octanol–water partition coefficient (Wildman–Crippen LogP) is 2.54. The molecule has 0 aliphatic carbocycles. The highest BCUT2D eigenvalue weighted by atomic mass is 32.2. The summed E-state index contributed by atoms with van der Waals surface area (Å²) >= 11 is 0. The topological polar surface area (TPSA) is 112 Å². The fourth-order valence-electron chi connectivity index (χ4n) is 4.07. The molecule has 0 radical (unpaired) electrons. The molecule has 0 bridgehead atoms. The largest absolute Gasteiger partial charge is 0.497 e. The van der Waals surface area contributed by atoms with E-state index in [9.17, 15) is 18.3 Å². The number of benzene rings is 2. The molecule has 3 rings (SSSR count). The zero-order chi connectivity index (χ0) is 28.7. The number of rotatable bonds is 7. The normalized spacial score (nSPS) is 19.4. The van der Waals surface area contributed by atoms with Crippen LogP contribution in [0.1, 0.15) is 19.4 Å². The van der Waals surface area contributed by atoms with Crippen LogP contribution in [0.15, 0.2) is 47.4 Å². The van der Waals surface area contributed by atoms with E-state index in [1.807, 2.05) is 25.9 Å². The fraction of sp³-hybridized carbons (Fsp3) is 0.464. The van der Waals surface area contributed by atoms with Crippen molar-refractivity contribution in [2.45, 2.75) is 30.9 Å². The van der Waals surface area contributed by atoms with Crippen LogP contribution in [0.2, 0.25) is 0 Å². The first-order valence-electron chi connectivity index (χ1n) is 12.7. The van der Waals surface area contributed by atoms with E-state index in [2.05, 4.69) is 17.2 Å². The van der Waals surface area contributed by atoms with Gasteiger partial charge in [0.1, 0.15) is 22.5 Å². The molecule has 0 unspecified atom stereocenters. The highest BCUT2D eigenvalue weighted by Crippen LogP contribution is 2.34. The number of urea groups is 1. The molecule has 3 atom stereocenters. The summed E-state index contributed by atoms with van der Waals surface area (Å²) in [4.78, 5) is 16.4. The summed E-state index contributed by atoms with van der Waals surface area (Å²) in [5.74, 6) is 6.64. The molecule has 0 saturated heterocycles. The molecule has 2 amide bonds. The maximum atomic E-state index is 13.6. The van der Waals surface area contributed by atoms with Gasteiger partial charge in [0.2, 0.25) is 10.0 Å². The lowest BCUT2D eigenvalue weighted by Crippen LogP contribution is -2.50. The van der Waals surface area contributed by atoms with Crippen molar-refractivity contribution >= 4 is 21.7 Å². The maximum Gasteiger partial charge on any atom is 0.321 e. The van der Waals surface area contributed by atoms with E-state index >= 15 is 0 Å². The van der Waals surface area contributed by atoms with Gasteiger partial charge in [-0.25, -0.2) is 13.2 Å². The van der Waals surface area contributed by atoms with E-state index in [4.69, 9.17) is 9.47 Å². The van der Waals surface area contributed by atoms with Crippen molar-refractivity contribution in [3.63, 3.8) is 0 Å². The third kappa shape index (κ3) is 7.64. The number of methoxy groups -OCH3 is 1. The molecule has 10 nitrogen and oxygen atoms in total. The highest BCUT2D eigenvalue weighted by Gasteiger charge is 2.38. The lowest BCUT2D eigenvalue weighted by atomic mass is 10.0. The Morgan fingerprint density at radius 2 is 1.92 bits per heavy atom. The van der Waals surface area contributed by atoms with Crippen LogP contribution in [-0.4, -0.2) is 100 Å². The first-order chi connectivity index (χ1) is 18.5. The molecule has 39 heavy (non-hydrogen) atoms. The number of aliphatic hydroxyl groups excluding tert-OH is 1. The SMILES string of the molecule is COc1ccc(NC(=O)N(C)C[C@@H]2Oc3cc(C#CCN(C)C)ccc3S(=O)(=O)N([C@H](C)CO)C[C@H]2C)cc1. The number of amides is 2. The Morgan fingerprint density at radius 3 is 2.54 bits per heavy atom. The van der Waals surface area contributed by atoms with Gasteiger partial charge in [-0.2, -0.15) is 4.31 Å². The van der Waals surface area contributed by atoms with Gasteiger partial charge in [0.15, 0.2) is 0 Å². The average Bonchev–Trinajstić information content (AvgIpc) is 2.90. The molecule has 0 saturated carbocycles. The van der Waals surface area contributed by atoms with Gasteiger partial charge in [-0.15, -0.1) is 0 Å². The van der Waals surface area contributed by atoms with Crippen LogP contribution in [0.3, 0.4) is 0 Å². The summed E-state index contributed by atoms with van der Waals surface area (Å²) in [5, 5.41) is 12.7. The Kier molecular flexibility index (Phi) is 10.2. The number of aliphatic hydroxyl groups is 1. The van der Waals surface area contributed by atoms with Crippen molar-refractivity contribution in [2.24, 2.45) is 5.92 Å². The van der Waals surface area contributed by atoms with Gasteiger partial charge in [0, 0.05) is 36.8 Å². The number of hydrogen-bond acceptors (Lipinski definition) is 7. The molecule has 2 aromatic carbocycles. The standard InChI is InChI=1S/C28H38N4O6S/c1-20-17-32(21(2)19-33)39(35,36)27-14-9-22(8-7-15-30(3)4)16-25(27)38-26(20)18-31(5)28(34)29-23-10-12-24(37-6)13-11-23/h9-14,16,20-21,26,33H,15,17-19H2,1-6H3,(H,29,34)/t20-,21-,26+/m1/s1. The number of anilines is 1. The zero-order valence-corrected chi connectivity index (χ0v) is 24.2. The summed E-state index contributed by atoms with van der Waals surface area (Å²) in [6.45, 7) is 4.07. The third-order valence-corrected chi connectivity index (χ3v) is 8.46. The number of nitrogens with zero attached hydrogens (tertiary/aromatic N) is 3. The smallest absolute Gasteiger partial charge is 0.321 e. The molecule has 2 N–H and O–H groups in total. The molecular formula is C28H38N4O6S. The second-order valence-corrected chi connectivity index (χ2v) is 11.8. The summed E-state index contributed by atoms with van der Waals surface area (Å²) in [6, 6.07) is 10.8. The summed E-state index contributed by atoms with van der Waals surface area (Å²) < 4.78 is 40.1. The van der Waals surface area contributed by atoms with E-state index in [-0.39, 0.29) is 42.3 Å². The van der Waals surface area contributed by atoms with Crippen LogP contribution in [0, 0.1) is 17.8 Å². The Balaban J connectivity index is 1.92. The Morgan fingerprint density at radius 1 is 1.23 bits per heavy atom. The van der Waals surface area contributed by atoms with E-state index in [0.29, 0.717) is 23.5 Å². The van der Waals surface area contributed by atoms with Gasteiger partial charge in [-0.3, -0.25) is 4.90 Å². The summed E-state index contributed by atoms with van der Waals surface area (Å²) in [6.07, 6.45) is -0.538. The van der Waals surface area contributed by atoms with E-state index in [0.717, 1.165) is 0 Å². The van der Waals surface area contributed by atoms with Gasteiger partial charge in [-0.05, 0) is 63.5 Å². The second kappa shape index (κ2) is 13.2. The lowest BCUT2D eigenvalue weighted by molar-refractivity contribution is 0.0830. The number of carbonyl (C=O) groups excluding carboxylic acids is 1. The van der Waals surface area contributed by atoms with Crippen molar-refractivity contribution < 1.29 is 27.8 Å². The minimum atomic E-state index is -3.96. The molecule has 0 fully saturated rings. The number of sulfonamides is 1. The highest BCUT2D eigenvalue weighted by molar-refractivity contribution is 7.89. The summed E-state index contributed by atoms with van der Waals surface area (Å²) in [5.41, 5.74) is 1.23. The number of carbonyl (C=O) groups is 1. The third-order valence-electron chi connectivity index (χ3n) is 6.44. The number of fused-ring (bicyclic) bond motifs is 1. The average molecular weight is 559 g/mol. The zero-order valence-electron chi connectivity index (χ0n) is 23.3. The van der Waals surface area contributed by atoms with Crippen molar-refractivity contribution in [1.29, 1.82) is 0 Å². The summed E-state index contributed by atoms with van der Waals surface area (Å²) in [7, 11) is 3.09. The fourth-order valence-corrected chi connectivity index (χ4v) is 5.89. The predicted molar refractivity (Wildman–Crippen MR) is 151 cm³/mol. The molecule has 1 aliphatic rings. The van der Waals surface area contributed by atoms with Crippen molar-refractivity contribution in [2.75, 3.05) is 59.8 Å². The number of likely N-dealkylation sites (N-methyl/N-ethyl adjacent to an activating group) is 1. The number of nitrogens with one attached hydrogen (secondary N) is 1. The lowest BCUT2D eigenvalue weighted by Gasteiger charge is -2.37. The molecule has 212 valence electrons.